The summed E-state index contributed by atoms with van der Waals surface area (Å²) in [5, 5.41) is 14.4. The number of carbonyl (C=O) groups is 1. The fourth-order valence-corrected chi connectivity index (χ4v) is 4.39. The van der Waals surface area contributed by atoms with Gasteiger partial charge in [0.25, 0.3) is 5.91 Å². The number of nitrogens with zero attached hydrogens (tertiary/aromatic N) is 1. The molecule has 2 aromatic rings. The second kappa shape index (κ2) is 6.43. The van der Waals surface area contributed by atoms with Gasteiger partial charge in [0.05, 0.1) is 5.69 Å². The van der Waals surface area contributed by atoms with Gasteiger partial charge in [0.15, 0.2) is 0 Å². The van der Waals surface area contributed by atoms with Crippen LogP contribution in [0.3, 0.4) is 0 Å². The summed E-state index contributed by atoms with van der Waals surface area (Å²) >= 11 is 12.2. The lowest BCUT2D eigenvalue weighted by molar-refractivity contribution is -0.136. The molecule has 1 heterocycles. The Bertz CT molecular complexity index is 921. The van der Waals surface area contributed by atoms with Crippen LogP contribution in [-0.4, -0.2) is 22.0 Å². The van der Waals surface area contributed by atoms with Crippen LogP contribution in [0.25, 0.3) is 0 Å². The number of amides is 1. The highest BCUT2D eigenvalue weighted by Gasteiger charge is 2.52. The number of halogens is 3. The first kappa shape index (κ1) is 18.7. The standard InChI is InChI=1S/C20H19Cl2FN2O2/c1-19(27)6-7-20(23,14-3-2-8-24-17(14)19)18(26)25-16-10-13(16)12-5-4-11(21)9-15(12)22/h2-5,8-9,13,16,27H,6-7,10H2,1H3,(H,25,26)/t13-,16+,19?,20?/m0/s1. The van der Waals surface area contributed by atoms with Crippen molar-refractivity contribution in [1.82, 2.24) is 10.3 Å². The van der Waals surface area contributed by atoms with Gasteiger partial charge < -0.3 is 10.4 Å². The molecule has 1 fully saturated rings. The van der Waals surface area contributed by atoms with Crippen molar-refractivity contribution in [3.63, 3.8) is 0 Å². The Labute approximate surface area is 166 Å². The second-order valence-corrected chi connectivity index (χ2v) is 8.41. The highest BCUT2D eigenvalue weighted by atomic mass is 35.5. The minimum Gasteiger partial charge on any atom is -0.384 e. The van der Waals surface area contributed by atoms with E-state index >= 15 is 4.39 Å². The Hall–Kier alpha value is -1.69. The van der Waals surface area contributed by atoms with Crippen LogP contribution in [0.15, 0.2) is 36.5 Å². The van der Waals surface area contributed by atoms with Crippen molar-refractivity contribution in [2.24, 2.45) is 0 Å². The molecule has 1 aromatic carbocycles. The second-order valence-electron chi connectivity index (χ2n) is 7.56. The van der Waals surface area contributed by atoms with Gasteiger partial charge in [-0.2, -0.15) is 0 Å². The fourth-order valence-electron chi connectivity index (χ4n) is 3.84. The van der Waals surface area contributed by atoms with Crippen LogP contribution in [0, 0.1) is 0 Å². The highest BCUT2D eigenvalue weighted by Crippen LogP contribution is 2.48. The average molecular weight is 409 g/mol. The molecule has 2 aliphatic carbocycles. The normalized spacial score (nSPS) is 31.9. The van der Waals surface area contributed by atoms with E-state index in [9.17, 15) is 9.90 Å². The molecule has 4 rings (SSSR count). The monoisotopic (exact) mass is 408 g/mol. The quantitative estimate of drug-likeness (QED) is 0.798. The molecule has 4 atom stereocenters. The summed E-state index contributed by atoms with van der Waals surface area (Å²) in [6.07, 6.45) is 2.22. The van der Waals surface area contributed by atoms with Crippen molar-refractivity contribution < 1.29 is 14.3 Å². The average Bonchev–Trinajstić information content (AvgIpc) is 3.37. The molecular formula is C20H19Cl2FN2O2. The minimum atomic E-state index is -2.21. The number of benzene rings is 1. The summed E-state index contributed by atoms with van der Waals surface area (Å²) in [6.45, 7) is 1.59. The zero-order valence-corrected chi connectivity index (χ0v) is 16.2. The topological polar surface area (TPSA) is 62.2 Å². The molecule has 0 bridgehead atoms. The third-order valence-corrected chi connectivity index (χ3v) is 6.09. The van der Waals surface area contributed by atoms with Gasteiger partial charge in [0.1, 0.15) is 5.60 Å². The molecule has 27 heavy (non-hydrogen) atoms. The van der Waals surface area contributed by atoms with Gasteiger partial charge in [-0.15, -0.1) is 0 Å². The van der Waals surface area contributed by atoms with Crippen molar-refractivity contribution in [2.75, 3.05) is 0 Å². The Balaban J connectivity index is 1.54. The van der Waals surface area contributed by atoms with E-state index in [1.165, 1.54) is 12.3 Å². The zero-order valence-electron chi connectivity index (χ0n) is 14.7. The number of pyridine rings is 1. The molecular weight excluding hydrogens is 390 g/mol. The summed E-state index contributed by atoms with van der Waals surface area (Å²) in [5.74, 6) is -0.646. The maximum Gasteiger partial charge on any atom is 0.262 e. The van der Waals surface area contributed by atoms with Gasteiger partial charge in [-0.05, 0) is 49.9 Å². The van der Waals surface area contributed by atoms with Crippen LogP contribution in [0.1, 0.15) is 48.9 Å². The van der Waals surface area contributed by atoms with Crippen LogP contribution in [0.2, 0.25) is 10.0 Å². The molecule has 7 heteroatoms. The zero-order chi connectivity index (χ0) is 19.4. The predicted molar refractivity (Wildman–Crippen MR) is 102 cm³/mol. The van der Waals surface area contributed by atoms with Crippen LogP contribution >= 0.6 is 23.2 Å². The maximum absolute atomic E-state index is 15.7. The van der Waals surface area contributed by atoms with Crippen LogP contribution in [0.4, 0.5) is 4.39 Å². The minimum absolute atomic E-state index is 0.0439. The van der Waals surface area contributed by atoms with Crippen molar-refractivity contribution >= 4 is 29.1 Å². The molecule has 2 aliphatic rings. The predicted octanol–water partition coefficient (Wildman–Crippen LogP) is 4.23. The number of carbonyl (C=O) groups excluding carboxylic acids is 1. The summed E-state index contributed by atoms with van der Waals surface area (Å²) in [4.78, 5) is 16.9. The smallest absolute Gasteiger partial charge is 0.262 e. The van der Waals surface area contributed by atoms with Crippen LogP contribution < -0.4 is 5.32 Å². The molecule has 1 aromatic heterocycles. The van der Waals surface area contributed by atoms with E-state index in [1.807, 2.05) is 6.07 Å². The molecule has 142 valence electrons. The first-order valence-electron chi connectivity index (χ1n) is 8.85. The molecule has 4 nitrogen and oxygen atoms in total. The lowest BCUT2D eigenvalue weighted by atomic mass is 9.75. The van der Waals surface area contributed by atoms with E-state index in [-0.39, 0.29) is 36.1 Å². The third kappa shape index (κ3) is 3.22. The molecule has 1 saturated carbocycles. The van der Waals surface area contributed by atoms with Crippen molar-refractivity contribution in [1.29, 1.82) is 0 Å². The number of hydrogen-bond donors (Lipinski definition) is 2. The van der Waals surface area contributed by atoms with E-state index in [0.717, 1.165) is 5.56 Å². The SMILES string of the molecule is CC1(O)CCC(F)(C(=O)N[C@@H]2C[C@H]2c2ccc(Cl)cc2Cl)c2cccnc21. The van der Waals surface area contributed by atoms with E-state index in [2.05, 4.69) is 10.3 Å². The maximum atomic E-state index is 15.7. The van der Waals surface area contributed by atoms with Crippen molar-refractivity contribution in [3.05, 3.63) is 63.4 Å². The van der Waals surface area contributed by atoms with Gasteiger partial charge in [-0.25, -0.2) is 4.39 Å². The van der Waals surface area contributed by atoms with E-state index in [4.69, 9.17) is 23.2 Å². The molecule has 2 N–H and O–H groups in total. The summed E-state index contributed by atoms with van der Waals surface area (Å²) < 4.78 is 15.7. The molecule has 0 radical (unpaired) electrons. The van der Waals surface area contributed by atoms with Crippen LogP contribution in [-0.2, 0) is 16.1 Å². The first-order valence-corrected chi connectivity index (χ1v) is 9.61. The first-order chi connectivity index (χ1) is 12.7. The number of rotatable bonds is 3. The van der Waals surface area contributed by atoms with Crippen LogP contribution in [0.5, 0.6) is 0 Å². The highest BCUT2D eigenvalue weighted by molar-refractivity contribution is 6.35. The molecule has 0 spiro atoms. The van der Waals surface area contributed by atoms with E-state index in [0.29, 0.717) is 16.5 Å². The van der Waals surface area contributed by atoms with Gasteiger partial charge in [-0.3, -0.25) is 9.78 Å². The number of aromatic nitrogens is 1. The Morgan fingerprint density at radius 1 is 1.33 bits per heavy atom. The lowest BCUT2D eigenvalue weighted by Gasteiger charge is -2.37. The lowest BCUT2D eigenvalue weighted by Crippen LogP contribution is -2.48. The molecule has 1 amide bonds. The fraction of sp³-hybridized carbons (Fsp3) is 0.400. The summed E-state index contributed by atoms with van der Waals surface area (Å²) in [7, 11) is 0. The van der Waals surface area contributed by atoms with Crippen molar-refractivity contribution in [3.8, 4) is 0 Å². The largest absolute Gasteiger partial charge is 0.384 e. The van der Waals surface area contributed by atoms with E-state index < -0.39 is 17.2 Å². The number of nitrogens with one attached hydrogen (secondary N) is 1. The van der Waals surface area contributed by atoms with E-state index in [1.54, 1.807) is 25.1 Å². The van der Waals surface area contributed by atoms with Gasteiger partial charge in [0, 0.05) is 33.8 Å². The van der Waals surface area contributed by atoms with Crippen molar-refractivity contribution in [2.45, 2.75) is 49.4 Å². The van der Waals surface area contributed by atoms with Gasteiger partial charge in [0.2, 0.25) is 5.67 Å². The van der Waals surface area contributed by atoms with Gasteiger partial charge >= 0.3 is 0 Å². The molecule has 2 unspecified atom stereocenters. The Morgan fingerprint density at radius 3 is 2.85 bits per heavy atom. The third-order valence-electron chi connectivity index (χ3n) is 5.53. The number of fused-ring (bicyclic) bond motifs is 1. The molecule has 0 aliphatic heterocycles. The van der Waals surface area contributed by atoms with Gasteiger partial charge in [-0.1, -0.05) is 35.3 Å². The molecule has 0 saturated heterocycles. The Kier molecular flexibility index (Phi) is 4.45. The Morgan fingerprint density at radius 2 is 2.11 bits per heavy atom. The number of alkyl halides is 1. The number of aliphatic hydroxyl groups is 1. The summed E-state index contributed by atoms with van der Waals surface area (Å²) in [6, 6.07) is 8.18. The summed E-state index contributed by atoms with van der Waals surface area (Å²) in [5.41, 5.74) is -2.19. The number of hydrogen-bond acceptors (Lipinski definition) is 3.